The fraction of sp³-hybridized carbons (Fsp3) is 0.889. The van der Waals surface area contributed by atoms with Crippen molar-refractivity contribution >= 4 is 5.91 Å². The van der Waals surface area contributed by atoms with Crippen molar-refractivity contribution in [3.05, 3.63) is 0 Å². The van der Waals surface area contributed by atoms with Gasteiger partial charge in [0.2, 0.25) is 5.91 Å². The second-order valence-corrected chi connectivity index (χ2v) is 4.10. The van der Waals surface area contributed by atoms with Gasteiger partial charge in [0.15, 0.2) is 0 Å². The first-order valence-corrected chi connectivity index (χ1v) is 4.50. The van der Waals surface area contributed by atoms with Gasteiger partial charge >= 0.3 is 0 Å². The zero-order valence-electron chi connectivity index (χ0n) is 8.08. The van der Waals surface area contributed by atoms with Gasteiger partial charge in [-0.15, -0.1) is 0 Å². The van der Waals surface area contributed by atoms with Crippen LogP contribution >= 0.6 is 0 Å². The Balaban J connectivity index is 2.66. The first kappa shape index (κ1) is 9.52. The minimum absolute atomic E-state index is 0.0706. The molecule has 1 aliphatic heterocycles. The van der Waals surface area contributed by atoms with Gasteiger partial charge in [0, 0.05) is 19.0 Å². The Bertz CT molecular complexity index is 169. The Kier molecular flexibility index (Phi) is 2.73. The van der Waals surface area contributed by atoms with E-state index in [1.165, 1.54) is 0 Å². The molecule has 0 saturated carbocycles. The van der Waals surface area contributed by atoms with Gasteiger partial charge in [0.1, 0.15) is 0 Å². The second kappa shape index (κ2) is 3.44. The van der Waals surface area contributed by atoms with Gasteiger partial charge in [0.05, 0.1) is 0 Å². The van der Waals surface area contributed by atoms with Gasteiger partial charge < -0.3 is 10.6 Å². The average Bonchev–Trinajstić information content (AvgIpc) is 1.82. The molecular formula is C9H18N2O. The first-order chi connectivity index (χ1) is 5.52. The average molecular weight is 170 g/mol. The fourth-order valence-electron chi connectivity index (χ4n) is 2.41. The summed E-state index contributed by atoms with van der Waals surface area (Å²) < 4.78 is 0. The molecule has 1 amide bonds. The monoisotopic (exact) mass is 170 g/mol. The van der Waals surface area contributed by atoms with Crippen LogP contribution in [0.2, 0.25) is 0 Å². The Morgan fingerprint density at radius 2 is 1.75 bits per heavy atom. The molecule has 0 bridgehead atoms. The summed E-state index contributed by atoms with van der Waals surface area (Å²) in [5.41, 5.74) is 5.34. The summed E-state index contributed by atoms with van der Waals surface area (Å²) in [6, 6.07) is 0. The summed E-state index contributed by atoms with van der Waals surface area (Å²) in [6.45, 7) is 6.17. The van der Waals surface area contributed by atoms with Gasteiger partial charge in [-0.05, 0) is 18.9 Å². The third-order valence-corrected chi connectivity index (χ3v) is 2.75. The van der Waals surface area contributed by atoms with Crippen LogP contribution < -0.4 is 5.73 Å². The molecule has 0 aromatic heterocycles. The lowest BCUT2D eigenvalue weighted by molar-refractivity contribution is -0.127. The molecule has 12 heavy (non-hydrogen) atoms. The number of likely N-dealkylation sites (tertiary alicyclic amines) is 1. The van der Waals surface area contributed by atoms with Gasteiger partial charge in [-0.2, -0.15) is 0 Å². The maximum Gasteiger partial charge on any atom is 0.221 e. The predicted molar refractivity (Wildman–Crippen MR) is 48.5 cm³/mol. The number of amides is 1. The van der Waals surface area contributed by atoms with E-state index < -0.39 is 0 Å². The molecule has 1 heterocycles. The van der Waals surface area contributed by atoms with Crippen molar-refractivity contribution < 1.29 is 4.79 Å². The molecule has 0 radical (unpaired) electrons. The van der Waals surface area contributed by atoms with Crippen LogP contribution in [0.15, 0.2) is 0 Å². The minimum Gasteiger partial charge on any atom is -0.369 e. The molecule has 2 atom stereocenters. The third-order valence-electron chi connectivity index (χ3n) is 2.75. The maximum absolute atomic E-state index is 11.1. The summed E-state index contributed by atoms with van der Waals surface area (Å²) in [4.78, 5) is 13.3. The number of rotatable bonds is 1. The molecule has 3 nitrogen and oxygen atoms in total. The Morgan fingerprint density at radius 1 is 1.33 bits per heavy atom. The molecular weight excluding hydrogens is 152 g/mol. The largest absolute Gasteiger partial charge is 0.369 e. The van der Waals surface area contributed by atoms with Crippen LogP contribution in [0.3, 0.4) is 0 Å². The number of nitrogens with zero attached hydrogens (tertiary/aromatic N) is 1. The molecule has 2 N–H and O–H groups in total. The van der Waals surface area contributed by atoms with Gasteiger partial charge in [-0.3, -0.25) is 4.79 Å². The van der Waals surface area contributed by atoms with E-state index in [0.29, 0.717) is 11.8 Å². The van der Waals surface area contributed by atoms with Gasteiger partial charge in [-0.1, -0.05) is 13.8 Å². The zero-order chi connectivity index (χ0) is 9.30. The lowest BCUT2D eigenvalue weighted by atomic mass is 9.79. The van der Waals surface area contributed by atoms with E-state index in [1.54, 1.807) is 0 Å². The van der Waals surface area contributed by atoms with Crippen molar-refractivity contribution in [3.63, 3.8) is 0 Å². The van der Waals surface area contributed by atoms with Crippen LogP contribution in [-0.4, -0.2) is 30.9 Å². The molecule has 1 aliphatic rings. The van der Waals surface area contributed by atoms with Crippen molar-refractivity contribution in [2.45, 2.75) is 13.8 Å². The number of piperidine rings is 1. The highest BCUT2D eigenvalue weighted by atomic mass is 16.1. The summed E-state index contributed by atoms with van der Waals surface area (Å²) in [6.07, 6.45) is 0. The normalized spacial score (nSPS) is 38.1. The molecule has 2 unspecified atom stereocenters. The lowest BCUT2D eigenvalue weighted by Crippen LogP contribution is -2.47. The molecule has 1 rings (SSSR count). The smallest absolute Gasteiger partial charge is 0.221 e. The van der Waals surface area contributed by atoms with Crippen molar-refractivity contribution in [2.75, 3.05) is 20.1 Å². The van der Waals surface area contributed by atoms with Crippen molar-refractivity contribution in [3.8, 4) is 0 Å². The number of nitrogens with two attached hydrogens (primary N) is 1. The van der Waals surface area contributed by atoms with E-state index >= 15 is 0 Å². The van der Waals surface area contributed by atoms with Crippen molar-refractivity contribution in [1.82, 2.24) is 4.90 Å². The standard InChI is InChI=1S/C9H18N2O/c1-6-4-11(3)5-7(2)8(6)9(10)12/h6-8H,4-5H2,1-3H3,(H2,10,12). The Morgan fingerprint density at radius 3 is 2.08 bits per heavy atom. The van der Waals surface area contributed by atoms with E-state index in [9.17, 15) is 4.79 Å². The van der Waals surface area contributed by atoms with E-state index in [2.05, 4.69) is 25.8 Å². The molecule has 1 fully saturated rings. The number of carbonyl (C=O) groups is 1. The molecule has 0 spiro atoms. The van der Waals surface area contributed by atoms with E-state index in [-0.39, 0.29) is 11.8 Å². The van der Waals surface area contributed by atoms with Gasteiger partial charge in [0.25, 0.3) is 0 Å². The minimum atomic E-state index is -0.136. The predicted octanol–water partition coefficient (Wildman–Crippen LogP) is 0.305. The highest BCUT2D eigenvalue weighted by molar-refractivity contribution is 5.77. The highest BCUT2D eigenvalue weighted by Crippen LogP contribution is 2.26. The van der Waals surface area contributed by atoms with Crippen molar-refractivity contribution in [1.29, 1.82) is 0 Å². The molecule has 0 aromatic carbocycles. The molecule has 70 valence electrons. The van der Waals surface area contributed by atoms with E-state index in [1.807, 2.05) is 0 Å². The number of hydrogen-bond acceptors (Lipinski definition) is 2. The number of carbonyl (C=O) groups excluding carboxylic acids is 1. The van der Waals surface area contributed by atoms with Crippen molar-refractivity contribution in [2.24, 2.45) is 23.5 Å². The quantitative estimate of drug-likeness (QED) is 0.615. The fourth-order valence-corrected chi connectivity index (χ4v) is 2.41. The lowest BCUT2D eigenvalue weighted by Gasteiger charge is -2.37. The van der Waals surface area contributed by atoms with E-state index in [4.69, 9.17) is 5.73 Å². The molecule has 3 heteroatoms. The van der Waals surface area contributed by atoms with Gasteiger partial charge in [-0.25, -0.2) is 0 Å². The number of primary amides is 1. The summed E-state index contributed by atoms with van der Waals surface area (Å²) in [7, 11) is 2.09. The van der Waals surface area contributed by atoms with Crippen LogP contribution in [0.1, 0.15) is 13.8 Å². The van der Waals surface area contributed by atoms with Crippen LogP contribution in [0.5, 0.6) is 0 Å². The topological polar surface area (TPSA) is 46.3 Å². The summed E-state index contributed by atoms with van der Waals surface area (Å²) >= 11 is 0. The Labute approximate surface area is 73.9 Å². The molecule has 1 saturated heterocycles. The summed E-state index contributed by atoms with van der Waals surface area (Å²) in [5.74, 6) is 0.733. The zero-order valence-corrected chi connectivity index (χ0v) is 8.08. The Hall–Kier alpha value is -0.570. The number of hydrogen-bond donors (Lipinski definition) is 1. The first-order valence-electron chi connectivity index (χ1n) is 4.50. The third kappa shape index (κ3) is 1.78. The maximum atomic E-state index is 11.1. The van der Waals surface area contributed by atoms with Crippen LogP contribution in [0.4, 0.5) is 0 Å². The highest BCUT2D eigenvalue weighted by Gasteiger charge is 2.33. The SMILES string of the molecule is CC1CN(C)CC(C)C1C(N)=O. The molecule has 0 aromatic rings. The molecule has 0 aliphatic carbocycles. The van der Waals surface area contributed by atoms with E-state index in [0.717, 1.165) is 13.1 Å². The summed E-state index contributed by atoms with van der Waals surface area (Å²) in [5, 5.41) is 0. The van der Waals surface area contributed by atoms with Crippen LogP contribution in [0.25, 0.3) is 0 Å². The van der Waals surface area contributed by atoms with Crippen LogP contribution in [0, 0.1) is 17.8 Å². The second-order valence-electron chi connectivity index (χ2n) is 4.10. The van der Waals surface area contributed by atoms with Crippen LogP contribution in [-0.2, 0) is 4.79 Å².